The van der Waals surface area contributed by atoms with E-state index in [-0.39, 0.29) is 22.7 Å². The maximum Gasteiger partial charge on any atom is 0.257 e. The van der Waals surface area contributed by atoms with Gasteiger partial charge in [0.15, 0.2) is 0 Å². The van der Waals surface area contributed by atoms with Crippen molar-refractivity contribution < 1.29 is 14.3 Å². The molecule has 2 aromatic rings. The van der Waals surface area contributed by atoms with Gasteiger partial charge in [-0.1, -0.05) is 22.0 Å². The van der Waals surface area contributed by atoms with Gasteiger partial charge in [0.2, 0.25) is 0 Å². The van der Waals surface area contributed by atoms with Gasteiger partial charge in [-0.25, -0.2) is 4.39 Å². The summed E-state index contributed by atoms with van der Waals surface area (Å²) in [5, 5.41) is 12.1. The van der Waals surface area contributed by atoms with Gasteiger partial charge in [0.05, 0.1) is 16.9 Å². The fourth-order valence-corrected chi connectivity index (χ4v) is 1.89. The van der Waals surface area contributed by atoms with E-state index >= 15 is 0 Å². The normalized spacial score (nSPS) is 10.2. The van der Waals surface area contributed by atoms with Crippen molar-refractivity contribution in [1.82, 2.24) is 0 Å². The highest BCUT2D eigenvalue weighted by Gasteiger charge is 2.14. The van der Waals surface area contributed by atoms with Crippen molar-refractivity contribution in [3.05, 3.63) is 52.3 Å². The number of benzene rings is 2. The number of hydrogen-bond acceptors (Lipinski definition) is 3. The lowest BCUT2D eigenvalue weighted by molar-refractivity contribution is 0.102. The number of amides is 1. The van der Waals surface area contributed by atoms with Gasteiger partial charge in [-0.15, -0.1) is 0 Å². The number of nitrogen functional groups attached to an aromatic ring is 1. The van der Waals surface area contributed by atoms with Crippen LogP contribution in [0.25, 0.3) is 0 Å². The van der Waals surface area contributed by atoms with Gasteiger partial charge in [0.1, 0.15) is 11.6 Å². The van der Waals surface area contributed by atoms with Crippen LogP contribution in [0.5, 0.6) is 5.75 Å². The summed E-state index contributed by atoms with van der Waals surface area (Å²) in [7, 11) is 0. The van der Waals surface area contributed by atoms with Crippen LogP contribution in [0.1, 0.15) is 10.4 Å². The number of hydrogen-bond donors (Lipinski definition) is 3. The molecule has 19 heavy (non-hydrogen) atoms. The van der Waals surface area contributed by atoms with Crippen molar-refractivity contribution in [2.45, 2.75) is 0 Å². The lowest BCUT2D eigenvalue weighted by Gasteiger charge is -2.09. The number of phenols is 1. The Morgan fingerprint density at radius 3 is 2.79 bits per heavy atom. The minimum absolute atomic E-state index is 0.0133. The molecular formula is C13H10BrFN2O2. The Balaban J connectivity index is 2.31. The van der Waals surface area contributed by atoms with E-state index in [9.17, 15) is 14.3 Å². The van der Waals surface area contributed by atoms with Crippen LogP contribution in [0.4, 0.5) is 15.8 Å². The number of rotatable bonds is 2. The summed E-state index contributed by atoms with van der Waals surface area (Å²) in [6, 6.07) is 8.55. The molecule has 4 N–H and O–H groups in total. The topological polar surface area (TPSA) is 75.4 Å². The summed E-state index contributed by atoms with van der Waals surface area (Å²) in [4.78, 5) is 12.0. The molecule has 2 rings (SSSR count). The summed E-state index contributed by atoms with van der Waals surface area (Å²) in [6.45, 7) is 0. The zero-order valence-corrected chi connectivity index (χ0v) is 11.2. The molecule has 1 amide bonds. The minimum Gasteiger partial charge on any atom is -0.506 e. The fraction of sp³-hybridized carbons (Fsp3) is 0. The average Bonchev–Trinajstić information content (AvgIpc) is 2.37. The molecule has 0 saturated carbocycles. The average molecular weight is 325 g/mol. The fourth-order valence-electron chi connectivity index (χ4n) is 1.53. The van der Waals surface area contributed by atoms with Gasteiger partial charge < -0.3 is 16.2 Å². The Kier molecular flexibility index (Phi) is 3.71. The predicted octanol–water partition coefficient (Wildman–Crippen LogP) is 3.13. The van der Waals surface area contributed by atoms with Crippen molar-refractivity contribution in [3.63, 3.8) is 0 Å². The van der Waals surface area contributed by atoms with Crippen LogP contribution in [0.15, 0.2) is 40.9 Å². The van der Waals surface area contributed by atoms with E-state index < -0.39 is 11.7 Å². The SMILES string of the molecule is Nc1c(F)cccc1C(=O)Nc1cc(Br)ccc1O. The number of carbonyl (C=O) groups excluding carboxylic acids is 1. The third-order valence-corrected chi connectivity index (χ3v) is 3.00. The third kappa shape index (κ3) is 2.85. The zero-order valence-electron chi connectivity index (χ0n) is 9.65. The van der Waals surface area contributed by atoms with E-state index in [2.05, 4.69) is 21.2 Å². The number of nitrogens with two attached hydrogens (primary N) is 1. The number of carbonyl (C=O) groups is 1. The Bertz CT molecular complexity index is 647. The molecule has 0 fully saturated rings. The maximum absolute atomic E-state index is 13.3. The van der Waals surface area contributed by atoms with E-state index in [4.69, 9.17) is 5.73 Å². The Morgan fingerprint density at radius 2 is 2.05 bits per heavy atom. The molecule has 98 valence electrons. The van der Waals surface area contributed by atoms with Crippen molar-refractivity contribution in [3.8, 4) is 5.75 Å². The largest absolute Gasteiger partial charge is 0.506 e. The van der Waals surface area contributed by atoms with E-state index in [1.54, 1.807) is 6.07 Å². The lowest BCUT2D eigenvalue weighted by Crippen LogP contribution is -2.14. The van der Waals surface area contributed by atoms with Crippen LogP contribution < -0.4 is 11.1 Å². The molecule has 0 heterocycles. The molecule has 0 radical (unpaired) electrons. The van der Waals surface area contributed by atoms with Gasteiger partial charge in [-0.2, -0.15) is 0 Å². The van der Waals surface area contributed by atoms with E-state index in [0.29, 0.717) is 4.47 Å². The Hall–Kier alpha value is -2.08. The maximum atomic E-state index is 13.3. The molecule has 0 aliphatic rings. The number of anilines is 2. The number of para-hydroxylation sites is 1. The Labute approximate surface area is 117 Å². The predicted molar refractivity (Wildman–Crippen MR) is 74.6 cm³/mol. The molecule has 0 saturated heterocycles. The summed E-state index contributed by atoms with van der Waals surface area (Å²) in [6.07, 6.45) is 0. The molecule has 0 aromatic heterocycles. The summed E-state index contributed by atoms with van der Waals surface area (Å²) < 4.78 is 13.9. The van der Waals surface area contributed by atoms with Crippen molar-refractivity contribution in [2.75, 3.05) is 11.1 Å². The van der Waals surface area contributed by atoms with Crippen molar-refractivity contribution in [1.29, 1.82) is 0 Å². The highest BCUT2D eigenvalue weighted by molar-refractivity contribution is 9.10. The summed E-state index contributed by atoms with van der Waals surface area (Å²) in [5.41, 5.74) is 5.49. The van der Waals surface area contributed by atoms with Gasteiger partial charge in [0, 0.05) is 4.47 Å². The Morgan fingerprint density at radius 1 is 1.32 bits per heavy atom. The van der Waals surface area contributed by atoms with E-state index in [1.807, 2.05) is 0 Å². The van der Waals surface area contributed by atoms with Crippen molar-refractivity contribution >= 4 is 33.2 Å². The second kappa shape index (κ2) is 5.27. The van der Waals surface area contributed by atoms with Crippen LogP contribution in [-0.4, -0.2) is 11.0 Å². The van der Waals surface area contributed by atoms with Crippen LogP contribution in [0.3, 0.4) is 0 Å². The first-order chi connectivity index (χ1) is 8.99. The highest BCUT2D eigenvalue weighted by atomic mass is 79.9. The molecule has 4 nitrogen and oxygen atoms in total. The second-order valence-electron chi connectivity index (χ2n) is 3.82. The first-order valence-corrected chi connectivity index (χ1v) is 6.12. The van der Waals surface area contributed by atoms with Crippen LogP contribution in [0, 0.1) is 5.82 Å². The molecule has 2 aromatic carbocycles. The van der Waals surface area contributed by atoms with Gasteiger partial charge in [-0.3, -0.25) is 4.79 Å². The third-order valence-electron chi connectivity index (χ3n) is 2.50. The number of aromatic hydroxyl groups is 1. The standard InChI is InChI=1S/C13H10BrFN2O2/c14-7-4-5-11(18)10(6-7)17-13(19)8-2-1-3-9(15)12(8)16/h1-6,18H,16H2,(H,17,19). The molecule has 6 heteroatoms. The lowest BCUT2D eigenvalue weighted by atomic mass is 10.1. The smallest absolute Gasteiger partial charge is 0.257 e. The van der Waals surface area contributed by atoms with Gasteiger partial charge in [0.25, 0.3) is 5.91 Å². The minimum atomic E-state index is -0.661. The van der Waals surface area contributed by atoms with Gasteiger partial charge >= 0.3 is 0 Å². The summed E-state index contributed by atoms with van der Waals surface area (Å²) >= 11 is 3.22. The number of nitrogens with one attached hydrogen (secondary N) is 1. The zero-order chi connectivity index (χ0) is 14.0. The van der Waals surface area contributed by atoms with Crippen molar-refractivity contribution in [2.24, 2.45) is 0 Å². The quantitative estimate of drug-likeness (QED) is 0.586. The van der Waals surface area contributed by atoms with Gasteiger partial charge in [-0.05, 0) is 30.3 Å². The monoisotopic (exact) mass is 324 g/mol. The van der Waals surface area contributed by atoms with Crippen LogP contribution >= 0.6 is 15.9 Å². The molecular weight excluding hydrogens is 315 g/mol. The van der Waals surface area contributed by atoms with E-state index in [0.717, 1.165) is 0 Å². The van der Waals surface area contributed by atoms with E-state index in [1.165, 1.54) is 30.3 Å². The molecule has 0 spiro atoms. The molecule has 0 unspecified atom stereocenters. The summed E-state index contributed by atoms with van der Waals surface area (Å²) in [5.74, 6) is -1.34. The molecule has 0 atom stereocenters. The van der Waals surface area contributed by atoms with Crippen LogP contribution in [-0.2, 0) is 0 Å². The molecule has 0 aliphatic carbocycles. The van der Waals surface area contributed by atoms with Crippen LogP contribution in [0.2, 0.25) is 0 Å². The highest BCUT2D eigenvalue weighted by Crippen LogP contribution is 2.28. The second-order valence-corrected chi connectivity index (χ2v) is 4.73. The molecule has 0 bridgehead atoms. The number of halogens is 2. The first-order valence-electron chi connectivity index (χ1n) is 5.33. The molecule has 0 aliphatic heterocycles. The first kappa shape index (κ1) is 13.4. The number of phenolic OH excluding ortho intramolecular Hbond substituents is 1.